The fraction of sp³-hybridized carbons (Fsp3) is 0.571. The van der Waals surface area contributed by atoms with Crippen molar-refractivity contribution in [2.45, 2.75) is 25.3 Å². The van der Waals surface area contributed by atoms with Gasteiger partial charge in [0.25, 0.3) is 0 Å². The lowest BCUT2D eigenvalue weighted by Crippen LogP contribution is -2.42. The lowest BCUT2D eigenvalue weighted by molar-refractivity contribution is 0.0790. The molecule has 4 heteroatoms. The molecule has 2 N–H and O–H groups in total. The molecule has 1 heterocycles. The topological polar surface area (TPSA) is 38.5 Å². The quantitative estimate of drug-likeness (QED) is 0.872. The molecule has 3 nitrogen and oxygen atoms in total. The van der Waals surface area contributed by atoms with Gasteiger partial charge in [-0.05, 0) is 37.9 Å². The Balaban J connectivity index is 2.15. The Labute approximate surface area is 108 Å². The third-order valence-electron chi connectivity index (χ3n) is 3.34. The number of rotatable bonds is 5. The van der Waals surface area contributed by atoms with Gasteiger partial charge in [0.05, 0.1) is 18.3 Å². The Morgan fingerprint density at radius 1 is 1.39 bits per heavy atom. The van der Waals surface area contributed by atoms with Crippen LogP contribution in [0, 0.1) is 5.82 Å². The molecule has 1 aliphatic rings. The van der Waals surface area contributed by atoms with Crippen molar-refractivity contribution in [1.29, 1.82) is 0 Å². The molecule has 0 spiro atoms. The van der Waals surface area contributed by atoms with E-state index in [0.717, 1.165) is 32.4 Å². The van der Waals surface area contributed by atoms with Crippen molar-refractivity contribution in [1.82, 2.24) is 0 Å². The minimum atomic E-state index is -0.167. The summed E-state index contributed by atoms with van der Waals surface area (Å²) in [7, 11) is 0. The predicted molar refractivity (Wildman–Crippen MR) is 71.3 cm³/mol. The zero-order chi connectivity index (χ0) is 12.8. The fourth-order valence-corrected chi connectivity index (χ4v) is 2.42. The van der Waals surface area contributed by atoms with E-state index in [4.69, 9.17) is 10.5 Å². The number of anilines is 1. The summed E-state index contributed by atoms with van der Waals surface area (Å²) in [4.78, 5) is 2.11. The molecule has 1 saturated heterocycles. The predicted octanol–water partition coefficient (Wildman–Crippen LogP) is 2.16. The smallest absolute Gasteiger partial charge is 0.146 e. The molecule has 1 aromatic carbocycles. The second kappa shape index (κ2) is 6.71. The molecule has 1 fully saturated rings. The number of nitrogens with two attached hydrogens (primary N) is 1. The molecular formula is C14H21FN2O. The second-order valence-electron chi connectivity index (χ2n) is 4.66. The number of para-hydroxylation sites is 1. The maximum atomic E-state index is 13.9. The molecular weight excluding hydrogens is 231 g/mol. The zero-order valence-electron chi connectivity index (χ0n) is 10.6. The summed E-state index contributed by atoms with van der Waals surface area (Å²) < 4.78 is 19.4. The molecule has 0 radical (unpaired) electrons. The third kappa shape index (κ3) is 3.21. The second-order valence-corrected chi connectivity index (χ2v) is 4.66. The van der Waals surface area contributed by atoms with Crippen molar-refractivity contribution in [2.24, 2.45) is 5.73 Å². The largest absolute Gasteiger partial charge is 0.379 e. The summed E-state index contributed by atoms with van der Waals surface area (Å²) in [6.45, 7) is 2.90. The first-order valence-electron chi connectivity index (χ1n) is 6.62. The van der Waals surface area contributed by atoms with E-state index < -0.39 is 0 Å². The highest BCUT2D eigenvalue weighted by atomic mass is 19.1. The van der Waals surface area contributed by atoms with Gasteiger partial charge >= 0.3 is 0 Å². The van der Waals surface area contributed by atoms with Crippen molar-refractivity contribution in [3.63, 3.8) is 0 Å². The van der Waals surface area contributed by atoms with Crippen LogP contribution in [0.2, 0.25) is 0 Å². The van der Waals surface area contributed by atoms with Crippen molar-refractivity contribution in [2.75, 3.05) is 31.2 Å². The van der Waals surface area contributed by atoms with Crippen LogP contribution in [0.1, 0.15) is 19.3 Å². The van der Waals surface area contributed by atoms with E-state index in [0.29, 0.717) is 18.8 Å². The number of ether oxygens (including phenoxy) is 1. The minimum Gasteiger partial charge on any atom is -0.379 e. The lowest BCUT2D eigenvalue weighted by Gasteiger charge is -2.36. The van der Waals surface area contributed by atoms with Gasteiger partial charge in [-0.3, -0.25) is 0 Å². The first-order chi connectivity index (χ1) is 8.83. The first-order valence-corrected chi connectivity index (χ1v) is 6.62. The maximum absolute atomic E-state index is 13.9. The number of hydrogen-bond acceptors (Lipinski definition) is 3. The Kier molecular flexibility index (Phi) is 4.96. The monoisotopic (exact) mass is 252 g/mol. The van der Waals surface area contributed by atoms with Gasteiger partial charge in [-0.1, -0.05) is 12.1 Å². The van der Waals surface area contributed by atoms with Gasteiger partial charge in [0.15, 0.2) is 0 Å². The molecule has 0 bridgehead atoms. The van der Waals surface area contributed by atoms with Crippen molar-refractivity contribution in [3.8, 4) is 0 Å². The Hall–Kier alpha value is -1.13. The van der Waals surface area contributed by atoms with Gasteiger partial charge in [-0.2, -0.15) is 0 Å². The molecule has 1 unspecified atom stereocenters. The molecule has 1 aliphatic heterocycles. The Bertz CT molecular complexity index is 367. The van der Waals surface area contributed by atoms with Gasteiger partial charge in [0, 0.05) is 13.2 Å². The highest BCUT2D eigenvalue weighted by Gasteiger charge is 2.23. The number of halogens is 1. The maximum Gasteiger partial charge on any atom is 0.146 e. The first kappa shape index (κ1) is 13.3. The average molecular weight is 252 g/mol. The van der Waals surface area contributed by atoms with Crippen LogP contribution in [0.15, 0.2) is 24.3 Å². The van der Waals surface area contributed by atoms with Crippen molar-refractivity contribution < 1.29 is 9.13 Å². The van der Waals surface area contributed by atoms with Crippen molar-refractivity contribution in [3.05, 3.63) is 30.1 Å². The van der Waals surface area contributed by atoms with Gasteiger partial charge in [-0.15, -0.1) is 0 Å². The number of benzene rings is 1. The summed E-state index contributed by atoms with van der Waals surface area (Å²) in [6, 6.07) is 7.20. The number of nitrogens with zero attached hydrogens (tertiary/aromatic N) is 1. The Morgan fingerprint density at radius 3 is 2.89 bits per heavy atom. The van der Waals surface area contributed by atoms with E-state index in [1.54, 1.807) is 6.07 Å². The summed E-state index contributed by atoms with van der Waals surface area (Å²) in [6.07, 6.45) is 2.96. The Morgan fingerprint density at radius 2 is 2.22 bits per heavy atom. The molecule has 100 valence electrons. The number of hydrogen-bond donors (Lipinski definition) is 1. The molecule has 1 atom stereocenters. The van der Waals surface area contributed by atoms with Crippen LogP contribution in [0.5, 0.6) is 0 Å². The average Bonchev–Trinajstić information content (AvgIpc) is 2.42. The molecule has 0 aliphatic carbocycles. The summed E-state index contributed by atoms with van der Waals surface area (Å²) in [5.41, 5.74) is 6.24. The molecule has 0 amide bonds. The van der Waals surface area contributed by atoms with E-state index in [-0.39, 0.29) is 11.9 Å². The van der Waals surface area contributed by atoms with Crippen LogP contribution < -0.4 is 10.6 Å². The fourth-order valence-electron chi connectivity index (χ4n) is 2.42. The van der Waals surface area contributed by atoms with E-state index in [1.807, 2.05) is 12.1 Å². The molecule has 1 aromatic rings. The molecule has 0 saturated carbocycles. The summed E-state index contributed by atoms with van der Waals surface area (Å²) in [5.74, 6) is -0.167. The normalized spacial score (nSPS) is 19.8. The van der Waals surface area contributed by atoms with Crippen LogP contribution in [0.25, 0.3) is 0 Å². The lowest BCUT2D eigenvalue weighted by atomic mass is 10.1. The van der Waals surface area contributed by atoms with Crippen LogP contribution in [-0.2, 0) is 4.74 Å². The highest BCUT2D eigenvalue weighted by Crippen LogP contribution is 2.24. The van der Waals surface area contributed by atoms with Crippen LogP contribution in [0.3, 0.4) is 0 Å². The van der Waals surface area contributed by atoms with Crippen LogP contribution in [0.4, 0.5) is 10.1 Å². The molecule has 18 heavy (non-hydrogen) atoms. The van der Waals surface area contributed by atoms with E-state index >= 15 is 0 Å². The van der Waals surface area contributed by atoms with E-state index in [1.165, 1.54) is 6.07 Å². The van der Waals surface area contributed by atoms with Crippen molar-refractivity contribution >= 4 is 5.69 Å². The minimum absolute atomic E-state index is 0.167. The summed E-state index contributed by atoms with van der Waals surface area (Å²) >= 11 is 0. The molecule has 0 aromatic heterocycles. The van der Waals surface area contributed by atoms with Gasteiger partial charge in [0.2, 0.25) is 0 Å². The standard InChI is InChI=1S/C14H21FN2O/c15-13-6-1-2-7-14(13)17(9-4-8-16)12-5-3-10-18-11-12/h1-2,6-7,12H,3-5,8-11,16H2. The molecule has 2 rings (SSSR count). The van der Waals surface area contributed by atoms with Crippen LogP contribution >= 0.6 is 0 Å². The van der Waals surface area contributed by atoms with Gasteiger partial charge in [0.1, 0.15) is 5.82 Å². The summed E-state index contributed by atoms with van der Waals surface area (Å²) in [5, 5.41) is 0. The van der Waals surface area contributed by atoms with E-state index in [2.05, 4.69) is 4.90 Å². The highest BCUT2D eigenvalue weighted by molar-refractivity contribution is 5.48. The van der Waals surface area contributed by atoms with Crippen LogP contribution in [-0.4, -0.2) is 32.3 Å². The van der Waals surface area contributed by atoms with E-state index in [9.17, 15) is 4.39 Å². The zero-order valence-corrected chi connectivity index (χ0v) is 10.6. The van der Waals surface area contributed by atoms with Gasteiger partial charge in [-0.25, -0.2) is 4.39 Å². The van der Waals surface area contributed by atoms with Gasteiger partial charge < -0.3 is 15.4 Å². The SMILES string of the molecule is NCCCN(c1ccccc1F)C1CCCOC1. The third-order valence-corrected chi connectivity index (χ3v) is 3.34.